The highest BCUT2D eigenvalue weighted by molar-refractivity contribution is 5.94. The molecular formula is C17H11N7. The van der Waals surface area contributed by atoms with Crippen LogP contribution in [0.5, 0.6) is 0 Å². The molecule has 5 rings (SSSR count). The second-order valence-electron chi connectivity index (χ2n) is 5.38. The quantitative estimate of drug-likeness (QED) is 0.522. The minimum Gasteiger partial charge on any atom is -0.335 e. The predicted octanol–water partition coefficient (Wildman–Crippen LogP) is 2.96. The number of hydrogen-bond acceptors (Lipinski definition) is 5. The van der Waals surface area contributed by atoms with E-state index in [1.165, 1.54) is 0 Å². The average Bonchev–Trinajstić information content (AvgIpc) is 3.25. The van der Waals surface area contributed by atoms with Crippen LogP contribution in [-0.2, 0) is 0 Å². The summed E-state index contributed by atoms with van der Waals surface area (Å²) in [5.41, 5.74) is 4.95. The molecule has 2 N–H and O–H groups in total. The van der Waals surface area contributed by atoms with E-state index in [2.05, 4.69) is 35.1 Å². The molecule has 0 amide bonds. The van der Waals surface area contributed by atoms with E-state index < -0.39 is 0 Å². The standard InChI is InChI=1S/C17H11N7/c1-2-5-19-11(3-1)13-7-10-14(9-20-13)23-24-16(10)17-21-12-4-6-18-8-15(12)22-17/h1-9H,(H,21,22)(H,23,24). The van der Waals surface area contributed by atoms with Gasteiger partial charge in [0, 0.05) is 17.8 Å². The van der Waals surface area contributed by atoms with Gasteiger partial charge in [-0.25, -0.2) is 4.98 Å². The summed E-state index contributed by atoms with van der Waals surface area (Å²) in [5, 5.41) is 8.34. The number of nitrogens with zero attached hydrogens (tertiary/aromatic N) is 5. The third kappa shape index (κ3) is 1.95. The molecule has 0 radical (unpaired) electrons. The molecule has 0 aliphatic rings. The minimum atomic E-state index is 0.697. The summed E-state index contributed by atoms with van der Waals surface area (Å²) in [6.45, 7) is 0. The summed E-state index contributed by atoms with van der Waals surface area (Å²) in [5.74, 6) is 0.697. The molecule has 7 heteroatoms. The molecule has 0 aliphatic heterocycles. The van der Waals surface area contributed by atoms with Crippen LogP contribution in [0.2, 0.25) is 0 Å². The Morgan fingerprint density at radius 2 is 1.88 bits per heavy atom. The van der Waals surface area contributed by atoms with Crippen LogP contribution >= 0.6 is 0 Å². The van der Waals surface area contributed by atoms with Gasteiger partial charge in [0.2, 0.25) is 0 Å². The lowest BCUT2D eigenvalue weighted by molar-refractivity contribution is 1.10. The third-order valence-electron chi connectivity index (χ3n) is 3.88. The van der Waals surface area contributed by atoms with Crippen molar-refractivity contribution in [1.29, 1.82) is 0 Å². The van der Waals surface area contributed by atoms with Crippen molar-refractivity contribution in [3.8, 4) is 22.9 Å². The van der Waals surface area contributed by atoms with Crippen LogP contribution in [0.25, 0.3) is 44.8 Å². The number of nitrogens with one attached hydrogen (secondary N) is 2. The zero-order chi connectivity index (χ0) is 15.9. The Morgan fingerprint density at radius 1 is 0.875 bits per heavy atom. The van der Waals surface area contributed by atoms with E-state index in [0.717, 1.165) is 39.0 Å². The van der Waals surface area contributed by atoms with E-state index in [1.54, 1.807) is 24.8 Å². The Hall–Kier alpha value is -3.61. The van der Waals surface area contributed by atoms with E-state index in [-0.39, 0.29) is 0 Å². The van der Waals surface area contributed by atoms with Gasteiger partial charge in [-0.2, -0.15) is 5.10 Å². The highest BCUT2D eigenvalue weighted by Gasteiger charge is 2.14. The largest absolute Gasteiger partial charge is 0.335 e. The fraction of sp³-hybridized carbons (Fsp3) is 0. The van der Waals surface area contributed by atoms with Crippen LogP contribution < -0.4 is 0 Å². The lowest BCUT2D eigenvalue weighted by Gasteiger charge is -2.00. The Balaban J connectivity index is 1.71. The Kier molecular flexibility index (Phi) is 2.66. The van der Waals surface area contributed by atoms with Gasteiger partial charge in [0.1, 0.15) is 5.69 Å². The first-order valence-corrected chi connectivity index (χ1v) is 7.44. The number of imidazole rings is 1. The lowest BCUT2D eigenvalue weighted by atomic mass is 10.1. The Bertz CT molecular complexity index is 1120. The predicted molar refractivity (Wildman–Crippen MR) is 90.0 cm³/mol. The summed E-state index contributed by atoms with van der Waals surface area (Å²) in [6.07, 6.45) is 6.99. The Morgan fingerprint density at radius 3 is 2.75 bits per heavy atom. The molecule has 5 aromatic heterocycles. The number of rotatable bonds is 2. The minimum absolute atomic E-state index is 0.697. The fourth-order valence-corrected chi connectivity index (χ4v) is 2.72. The fourth-order valence-electron chi connectivity index (χ4n) is 2.72. The molecule has 0 atom stereocenters. The van der Waals surface area contributed by atoms with Crippen molar-refractivity contribution in [2.75, 3.05) is 0 Å². The SMILES string of the molecule is c1ccc(-c2cc3c(-c4nc5ccncc5[nH]4)n[nH]c3cn2)nc1. The maximum Gasteiger partial charge on any atom is 0.159 e. The maximum absolute atomic E-state index is 4.59. The first-order valence-electron chi connectivity index (χ1n) is 7.44. The van der Waals surface area contributed by atoms with Crippen molar-refractivity contribution in [2.24, 2.45) is 0 Å². The van der Waals surface area contributed by atoms with E-state index in [4.69, 9.17) is 0 Å². The van der Waals surface area contributed by atoms with Crippen molar-refractivity contribution in [3.63, 3.8) is 0 Å². The molecule has 0 aliphatic carbocycles. The first kappa shape index (κ1) is 12.9. The van der Waals surface area contributed by atoms with Crippen molar-refractivity contribution >= 4 is 21.9 Å². The second kappa shape index (κ2) is 4.95. The van der Waals surface area contributed by atoms with Crippen LogP contribution in [0.3, 0.4) is 0 Å². The highest BCUT2D eigenvalue weighted by atomic mass is 15.1. The zero-order valence-electron chi connectivity index (χ0n) is 12.4. The van der Waals surface area contributed by atoms with Crippen molar-refractivity contribution in [3.05, 3.63) is 55.1 Å². The number of aromatic amines is 2. The van der Waals surface area contributed by atoms with Crippen LogP contribution in [0, 0.1) is 0 Å². The van der Waals surface area contributed by atoms with Gasteiger partial charge in [0.05, 0.1) is 40.3 Å². The van der Waals surface area contributed by atoms with Crippen molar-refractivity contribution in [1.82, 2.24) is 35.1 Å². The van der Waals surface area contributed by atoms with Gasteiger partial charge < -0.3 is 4.98 Å². The number of hydrogen-bond donors (Lipinski definition) is 2. The van der Waals surface area contributed by atoms with Crippen LogP contribution in [0.4, 0.5) is 0 Å². The molecule has 0 saturated carbocycles. The number of aromatic nitrogens is 7. The third-order valence-corrected chi connectivity index (χ3v) is 3.88. The van der Waals surface area contributed by atoms with E-state index >= 15 is 0 Å². The molecule has 114 valence electrons. The summed E-state index contributed by atoms with van der Waals surface area (Å²) >= 11 is 0. The van der Waals surface area contributed by atoms with Gasteiger partial charge in [0.15, 0.2) is 5.82 Å². The molecule has 0 bridgehead atoms. The first-order chi connectivity index (χ1) is 11.9. The molecule has 0 spiro atoms. The smallest absolute Gasteiger partial charge is 0.159 e. The maximum atomic E-state index is 4.59. The summed E-state index contributed by atoms with van der Waals surface area (Å²) < 4.78 is 0. The molecule has 0 unspecified atom stereocenters. The number of pyridine rings is 3. The molecular weight excluding hydrogens is 302 g/mol. The van der Waals surface area contributed by atoms with Crippen LogP contribution in [0.15, 0.2) is 55.1 Å². The topological polar surface area (TPSA) is 96.0 Å². The summed E-state index contributed by atoms with van der Waals surface area (Å²) in [6, 6.07) is 9.60. The molecule has 5 heterocycles. The van der Waals surface area contributed by atoms with Gasteiger partial charge in [-0.05, 0) is 24.3 Å². The van der Waals surface area contributed by atoms with Gasteiger partial charge in [-0.15, -0.1) is 0 Å². The van der Waals surface area contributed by atoms with Crippen molar-refractivity contribution in [2.45, 2.75) is 0 Å². The highest BCUT2D eigenvalue weighted by Crippen LogP contribution is 2.28. The van der Waals surface area contributed by atoms with E-state index in [0.29, 0.717) is 5.82 Å². The van der Waals surface area contributed by atoms with Crippen molar-refractivity contribution < 1.29 is 0 Å². The van der Waals surface area contributed by atoms with E-state index in [9.17, 15) is 0 Å². The second-order valence-corrected chi connectivity index (χ2v) is 5.38. The van der Waals surface area contributed by atoms with E-state index in [1.807, 2.05) is 30.3 Å². The monoisotopic (exact) mass is 313 g/mol. The average molecular weight is 313 g/mol. The van der Waals surface area contributed by atoms with Crippen LogP contribution in [0.1, 0.15) is 0 Å². The lowest BCUT2D eigenvalue weighted by Crippen LogP contribution is -1.87. The molecule has 5 aromatic rings. The summed E-state index contributed by atoms with van der Waals surface area (Å²) in [7, 11) is 0. The molecule has 0 saturated heterocycles. The molecule has 0 aromatic carbocycles. The van der Waals surface area contributed by atoms with Gasteiger partial charge in [0.25, 0.3) is 0 Å². The van der Waals surface area contributed by atoms with Gasteiger partial charge in [-0.3, -0.25) is 20.1 Å². The van der Waals surface area contributed by atoms with Crippen LogP contribution in [-0.4, -0.2) is 35.1 Å². The van der Waals surface area contributed by atoms with Gasteiger partial charge >= 0.3 is 0 Å². The molecule has 0 fully saturated rings. The zero-order valence-corrected chi connectivity index (χ0v) is 12.4. The summed E-state index contributed by atoms with van der Waals surface area (Å²) in [4.78, 5) is 20.8. The van der Waals surface area contributed by atoms with Gasteiger partial charge in [-0.1, -0.05) is 6.07 Å². The molecule has 7 nitrogen and oxygen atoms in total. The normalized spacial score (nSPS) is 11.3. The molecule has 24 heavy (non-hydrogen) atoms. The Labute approximate surface area is 135 Å². The number of H-pyrrole nitrogens is 2. The number of fused-ring (bicyclic) bond motifs is 2.